The van der Waals surface area contributed by atoms with Gasteiger partial charge in [0.1, 0.15) is 5.82 Å². The number of aromatic nitrogens is 2. The van der Waals surface area contributed by atoms with E-state index in [-0.39, 0.29) is 6.04 Å². The maximum Gasteiger partial charge on any atom is 0.130 e. The quantitative estimate of drug-likeness (QED) is 0.948. The van der Waals surface area contributed by atoms with Crippen molar-refractivity contribution in [1.82, 2.24) is 9.97 Å². The van der Waals surface area contributed by atoms with E-state index in [0.29, 0.717) is 6.42 Å². The molecule has 1 heterocycles. The summed E-state index contributed by atoms with van der Waals surface area (Å²) in [7, 11) is 0. The number of rotatable bonds is 3. The minimum Gasteiger partial charge on any atom is -0.328 e. The number of hydrogen-bond donors (Lipinski definition) is 1. The molecule has 1 unspecified atom stereocenters. The van der Waals surface area contributed by atoms with Crippen LogP contribution in [-0.4, -0.2) is 16.0 Å². The fraction of sp³-hybridized carbons (Fsp3) is 0.286. The van der Waals surface area contributed by atoms with Gasteiger partial charge in [-0.15, -0.1) is 0 Å². The first-order valence-corrected chi connectivity index (χ1v) is 6.70. The lowest BCUT2D eigenvalue weighted by Gasteiger charge is -2.09. The Kier molecular flexibility index (Phi) is 4.09. The van der Waals surface area contributed by atoms with E-state index >= 15 is 0 Å². The number of aryl methyl sites for hydroxylation is 1. The van der Waals surface area contributed by atoms with Gasteiger partial charge < -0.3 is 5.73 Å². The van der Waals surface area contributed by atoms with Gasteiger partial charge in [-0.1, -0.05) is 34.1 Å². The normalized spacial score (nSPS) is 12.4. The van der Waals surface area contributed by atoms with Crippen LogP contribution in [0.15, 0.2) is 34.8 Å². The average Bonchev–Trinajstić information content (AvgIpc) is 2.27. The lowest BCUT2D eigenvalue weighted by atomic mass is 10.1. The third-order valence-electron chi connectivity index (χ3n) is 2.55. The van der Waals surface area contributed by atoms with E-state index < -0.39 is 0 Å². The SMILES string of the molecule is Cc1cc(-c2ccccc2Br)nc(CC(C)N)n1. The summed E-state index contributed by atoms with van der Waals surface area (Å²) in [6.07, 6.45) is 0.694. The topological polar surface area (TPSA) is 51.8 Å². The minimum absolute atomic E-state index is 0.0684. The molecule has 0 saturated carbocycles. The molecular formula is C14H16BrN3. The van der Waals surface area contributed by atoms with Gasteiger partial charge in [-0.25, -0.2) is 9.97 Å². The first-order valence-electron chi connectivity index (χ1n) is 5.91. The molecule has 0 radical (unpaired) electrons. The summed E-state index contributed by atoms with van der Waals surface area (Å²) >= 11 is 3.55. The van der Waals surface area contributed by atoms with Crippen LogP contribution < -0.4 is 5.73 Å². The summed E-state index contributed by atoms with van der Waals surface area (Å²) in [4.78, 5) is 9.01. The number of benzene rings is 1. The van der Waals surface area contributed by atoms with Crippen LogP contribution in [0.5, 0.6) is 0 Å². The predicted octanol–water partition coefficient (Wildman–Crippen LogP) is 3.10. The number of nitrogens with zero attached hydrogens (tertiary/aromatic N) is 2. The molecule has 1 atom stereocenters. The summed E-state index contributed by atoms with van der Waals surface area (Å²) in [5.74, 6) is 0.802. The Morgan fingerprint density at radius 2 is 2.00 bits per heavy atom. The first kappa shape index (κ1) is 13.2. The van der Waals surface area contributed by atoms with Gasteiger partial charge in [0.15, 0.2) is 0 Å². The molecule has 0 amide bonds. The van der Waals surface area contributed by atoms with Crippen molar-refractivity contribution in [2.24, 2.45) is 5.73 Å². The molecule has 0 aliphatic carbocycles. The van der Waals surface area contributed by atoms with Crippen LogP contribution in [0.2, 0.25) is 0 Å². The summed E-state index contributed by atoms with van der Waals surface area (Å²) in [5.41, 5.74) is 8.78. The largest absolute Gasteiger partial charge is 0.328 e. The molecule has 0 spiro atoms. The van der Waals surface area contributed by atoms with E-state index in [1.807, 2.05) is 44.2 Å². The Hall–Kier alpha value is -1.26. The zero-order valence-corrected chi connectivity index (χ0v) is 12.1. The average molecular weight is 306 g/mol. The number of nitrogens with two attached hydrogens (primary N) is 1. The molecule has 1 aromatic heterocycles. The van der Waals surface area contributed by atoms with E-state index in [9.17, 15) is 0 Å². The van der Waals surface area contributed by atoms with Crippen molar-refractivity contribution in [2.75, 3.05) is 0 Å². The highest BCUT2D eigenvalue weighted by atomic mass is 79.9. The van der Waals surface area contributed by atoms with Gasteiger partial charge >= 0.3 is 0 Å². The van der Waals surface area contributed by atoms with E-state index in [1.165, 1.54) is 0 Å². The Morgan fingerprint density at radius 1 is 1.28 bits per heavy atom. The molecule has 0 aliphatic heterocycles. The Labute approximate surface area is 116 Å². The van der Waals surface area contributed by atoms with Crippen LogP contribution in [0, 0.1) is 6.92 Å². The van der Waals surface area contributed by atoms with Crippen LogP contribution in [0.1, 0.15) is 18.4 Å². The van der Waals surface area contributed by atoms with Gasteiger partial charge in [0.05, 0.1) is 5.69 Å². The van der Waals surface area contributed by atoms with Crippen LogP contribution in [0.25, 0.3) is 11.3 Å². The predicted molar refractivity (Wildman–Crippen MR) is 77.3 cm³/mol. The molecule has 94 valence electrons. The zero-order chi connectivity index (χ0) is 13.1. The van der Waals surface area contributed by atoms with Crippen molar-refractivity contribution in [3.63, 3.8) is 0 Å². The Morgan fingerprint density at radius 3 is 2.67 bits per heavy atom. The molecule has 4 heteroatoms. The molecule has 0 fully saturated rings. The minimum atomic E-state index is 0.0684. The summed E-state index contributed by atoms with van der Waals surface area (Å²) in [6, 6.07) is 10.1. The molecule has 18 heavy (non-hydrogen) atoms. The lowest BCUT2D eigenvalue weighted by molar-refractivity contribution is 0.700. The van der Waals surface area contributed by atoms with E-state index in [2.05, 4.69) is 25.9 Å². The van der Waals surface area contributed by atoms with Gasteiger partial charge in [-0.3, -0.25) is 0 Å². The third kappa shape index (κ3) is 3.15. The van der Waals surface area contributed by atoms with Crippen molar-refractivity contribution >= 4 is 15.9 Å². The van der Waals surface area contributed by atoms with Gasteiger partial charge in [0.25, 0.3) is 0 Å². The van der Waals surface area contributed by atoms with E-state index in [1.54, 1.807) is 0 Å². The molecule has 1 aromatic carbocycles. The smallest absolute Gasteiger partial charge is 0.130 e. The fourth-order valence-corrected chi connectivity index (χ4v) is 2.30. The second kappa shape index (κ2) is 5.59. The molecule has 2 N–H and O–H groups in total. The van der Waals surface area contributed by atoms with Gasteiger partial charge in [0, 0.05) is 28.2 Å². The fourth-order valence-electron chi connectivity index (χ4n) is 1.82. The van der Waals surface area contributed by atoms with Gasteiger partial charge in [-0.05, 0) is 26.0 Å². The maximum absolute atomic E-state index is 5.80. The summed E-state index contributed by atoms with van der Waals surface area (Å²) in [6.45, 7) is 3.94. The Balaban J connectivity index is 2.45. The second-order valence-corrected chi connectivity index (χ2v) is 5.33. The maximum atomic E-state index is 5.80. The zero-order valence-electron chi connectivity index (χ0n) is 10.5. The van der Waals surface area contributed by atoms with Crippen molar-refractivity contribution in [1.29, 1.82) is 0 Å². The standard InChI is InChI=1S/C14H16BrN3/c1-9(16)7-14-17-10(2)8-13(18-14)11-5-3-4-6-12(11)15/h3-6,8-9H,7,16H2,1-2H3. The summed E-state index contributed by atoms with van der Waals surface area (Å²) < 4.78 is 1.04. The van der Waals surface area contributed by atoms with E-state index in [4.69, 9.17) is 5.73 Å². The van der Waals surface area contributed by atoms with Crippen molar-refractivity contribution < 1.29 is 0 Å². The van der Waals surface area contributed by atoms with Crippen LogP contribution in [-0.2, 0) is 6.42 Å². The van der Waals surface area contributed by atoms with Crippen molar-refractivity contribution in [3.05, 3.63) is 46.3 Å². The molecular weight excluding hydrogens is 290 g/mol. The monoisotopic (exact) mass is 305 g/mol. The third-order valence-corrected chi connectivity index (χ3v) is 3.25. The highest BCUT2D eigenvalue weighted by Gasteiger charge is 2.08. The highest BCUT2D eigenvalue weighted by Crippen LogP contribution is 2.26. The molecule has 0 saturated heterocycles. The lowest BCUT2D eigenvalue weighted by Crippen LogP contribution is -2.19. The van der Waals surface area contributed by atoms with Crippen LogP contribution >= 0.6 is 15.9 Å². The van der Waals surface area contributed by atoms with Crippen LogP contribution in [0.3, 0.4) is 0 Å². The first-order chi connectivity index (χ1) is 8.56. The number of hydrogen-bond acceptors (Lipinski definition) is 3. The van der Waals surface area contributed by atoms with Crippen molar-refractivity contribution in [2.45, 2.75) is 26.3 Å². The van der Waals surface area contributed by atoms with Gasteiger partial charge in [0.2, 0.25) is 0 Å². The second-order valence-electron chi connectivity index (χ2n) is 4.47. The van der Waals surface area contributed by atoms with Crippen LogP contribution in [0.4, 0.5) is 0 Å². The molecule has 3 nitrogen and oxygen atoms in total. The number of halogens is 1. The van der Waals surface area contributed by atoms with Gasteiger partial charge in [-0.2, -0.15) is 0 Å². The summed E-state index contributed by atoms with van der Waals surface area (Å²) in [5, 5.41) is 0. The highest BCUT2D eigenvalue weighted by molar-refractivity contribution is 9.10. The molecule has 2 aromatic rings. The van der Waals surface area contributed by atoms with E-state index in [0.717, 1.165) is 27.2 Å². The molecule has 0 aliphatic rings. The molecule has 2 rings (SSSR count). The van der Waals surface area contributed by atoms with Crippen molar-refractivity contribution in [3.8, 4) is 11.3 Å². The molecule has 0 bridgehead atoms. The Bertz CT molecular complexity index is 552.